The molecule has 0 aromatic heterocycles. The number of hydrogen-bond donors (Lipinski definition) is 2. The van der Waals surface area contributed by atoms with Gasteiger partial charge in [-0.15, -0.1) is 0 Å². The molecule has 0 fully saturated rings. The number of aliphatic carboxylic acids is 1. The van der Waals surface area contributed by atoms with Gasteiger partial charge in [-0.3, -0.25) is 9.59 Å². The summed E-state index contributed by atoms with van der Waals surface area (Å²) in [5.41, 5.74) is 1.17. The average Bonchev–Trinajstić information content (AvgIpc) is 2.44. The fraction of sp³-hybridized carbons (Fsp3) is 0.500. The Morgan fingerprint density at radius 3 is 2.52 bits per heavy atom. The number of ether oxygens (including phenoxy) is 1. The van der Waals surface area contributed by atoms with Crippen LogP contribution in [0.4, 0.5) is 0 Å². The van der Waals surface area contributed by atoms with Crippen LogP contribution in [0.1, 0.15) is 38.2 Å². The monoisotopic (exact) mass is 293 g/mol. The van der Waals surface area contributed by atoms with Gasteiger partial charge < -0.3 is 15.2 Å². The molecule has 1 rings (SSSR count). The summed E-state index contributed by atoms with van der Waals surface area (Å²) in [6.07, 6.45) is 1.51. The summed E-state index contributed by atoms with van der Waals surface area (Å²) in [6, 6.07) is 7.44. The maximum atomic E-state index is 11.7. The molecule has 116 valence electrons. The number of amides is 1. The van der Waals surface area contributed by atoms with Gasteiger partial charge in [-0.2, -0.15) is 0 Å². The van der Waals surface area contributed by atoms with Gasteiger partial charge in [0.25, 0.3) is 0 Å². The van der Waals surface area contributed by atoms with Gasteiger partial charge in [-0.25, -0.2) is 0 Å². The number of carboxylic acid groups (broad SMARTS) is 1. The number of carboxylic acids is 1. The molecular weight excluding hydrogens is 270 g/mol. The molecule has 0 heterocycles. The molecule has 0 bridgehead atoms. The Morgan fingerprint density at radius 1 is 1.29 bits per heavy atom. The summed E-state index contributed by atoms with van der Waals surface area (Å²) in [4.78, 5) is 22.3. The minimum Gasteiger partial charge on any atom is -0.494 e. The number of carbonyl (C=O) groups is 2. The van der Waals surface area contributed by atoms with Crippen molar-refractivity contribution in [2.75, 3.05) is 6.61 Å². The second-order valence-electron chi connectivity index (χ2n) is 5.04. The summed E-state index contributed by atoms with van der Waals surface area (Å²) >= 11 is 0. The minimum atomic E-state index is -0.898. The number of rotatable bonds is 9. The molecule has 0 aliphatic heterocycles. The van der Waals surface area contributed by atoms with Gasteiger partial charge in [0.15, 0.2) is 0 Å². The molecule has 1 aromatic carbocycles. The first-order valence-electron chi connectivity index (χ1n) is 7.22. The molecule has 0 saturated heterocycles. The maximum absolute atomic E-state index is 11.7. The summed E-state index contributed by atoms with van der Waals surface area (Å²) < 4.78 is 5.53. The predicted octanol–water partition coefficient (Wildman–Crippen LogP) is 2.52. The van der Waals surface area contributed by atoms with E-state index in [1.165, 1.54) is 5.56 Å². The van der Waals surface area contributed by atoms with Crippen molar-refractivity contribution < 1.29 is 19.4 Å². The molecule has 21 heavy (non-hydrogen) atoms. The van der Waals surface area contributed by atoms with Crippen LogP contribution in [0, 0.1) is 6.92 Å². The van der Waals surface area contributed by atoms with E-state index in [1.54, 1.807) is 0 Å². The van der Waals surface area contributed by atoms with Crippen LogP contribution in [-0.2, 0) is 9.59 Å². The van der Waals surface area contributed by atoms with E-state index in [4.69, 9.17) is 9.84 Å². The van der Waals surface area contributed by atoms with E-state index in [-0.39, 0.29) is 18.4 Å². The molecule has 0 saturated carbocycles. The van der Waals surface area contributed by atoms with Crippen molar-refractivity contribution in [1.82, 2.24) is 5.32 Å². The number of nitrogens with one attached hydrogen (secondary N) is 1. The van der Waals surface area contributed by atoms with Crippen molar-refractivity contribution in [3.63, 3.8) is 0 Å². The quantitative estimate of drug-likeness (QED) is 0.686. The highest BCUT2D eigenvalue weighted by molar-refractivity contribution is 5.77. The standard InChI is InChI=1S/C16H23NO4/c1-3-13(11-16(19)20)17-15(18)5-4-10-21-14-8-6-12(2)7-9-14/h6-9,13H,3-5,10-11H2,1-2H3,(H,17,18)(H,19,20). The summed E-state index contributed by atoms with van der Waals surface area (Å²) in [7, 11) is 0. The number of carbonyl (C=O) groups excluding carboxylic acids is 1. The van der Waals surface area contributed by atoms with Gasteiger partial charge in [-0.1, -0.05) is 24.6 Å². The lowest BCUT2D eigenvalue weighted by Crippen LogP contribution is -2.36. The topological polar surface area (TPSA) is 75.6 Å². The first kappa shape index (κ1) is 17.0. The van der Waals surface area contributed by atoms with E-state index in [2.05, 4.69) is 5.32 Å². The average molecular weight is 293 g/mol. The molecule has 1 amide bonds. The maximum Gasteiger partial charge on any atom is 0.305 e. The van der Waals surface area contributed by atoms with E-state index < -0.39 is 5.97 Å². The zero-order valence-corrected chi connectivity index (χ0v) is 12.6. The SMILES string of the molecule is CCC(CC(=O)O)NC(=O)CCCOc1ccc(C)cc1. The van der Waals surface area contributed by atoms with Crippen LogP contribution in [0.3, 0.4) is 0 Å². The molecule has 0 aliphatic carbocycles. The van der Waals surface area contributed by atoms with E-state index in [0.29, 0.717) is 25.9 Å². The van der Waals surface area contributed by atoms with Gasteiger partial charge in [-0.05, 0) is 31.9 Å². The van der Waals surface area contributed by atoms with Gasteiger partial charge in [0.05, 0.1) is 13.0 Å². The van der Waals surface area contributed by atoms with Gasteiger partial charge in [0.2, 0.25) is 5.91 Å². The Labute approximate surface area is 125 Å². The van der Waals surface area contributed by atoms with E-state index in [1.807, 2.05) is 38.1 Å². The molecule has 1 atom stereocenters. The summed E-state index contributed by atoms with van der Waals surface area (Å²) in [5.74, 6) is -0.237. The van der Waals surface area contributed by atoms with Crippen LogP contribution < -0.4 is 10.1 Å². The highest BCUT2D eigenvalue weighted by Gasteiger charge is 2.13. The van der Waals surface area contributed by atoms with Crippen molar-refractivity contribution in [3.8, 4) is 5.75 Å². The Hall–Kier alpha value is -2.04. The third-order valence-electron chi connectivity index (χ3n) is 3.12. The smallest absolute Gasteiger partial charge is 0.305 e. The third kappa shape index (κ3) is 7.34. The molecule has 0 aliphatic rings. The lowest BCUT2D eigenvalue weighted by atomic mass is 10.1. The predicted molar refractivity (Wildman–Crippen MR) is 80.4 cm³/mol. The second-order valence-corrected chi connectivity index (χ2v) is 5.04. The first-order valence-corrected chi connectivity index (χ1v) is 7.22. The lowest BCUT2D eigenvalue weighted by Gasteiger charge is -2.14. The highest BCUT2D eigenvalue weighted by atomic mass is 16.5. The summed E-state index contributed by atoms with van der Waals surface area (Å²) in [5, 5.41) is 11.4. The van der Waals surface area contributed by atoms with Crippen molar-refractivity contribution in [3.05, 3.63) is 29.8 Å². The molecule has 0 spiro atoms. The first-order chi connectivity index (χ1) is 10.0. The number of hydrogen-bond acceptors (Lipinski definition) is 3. The molecule has 1 aromatic rings. The zero-order valence-electron chi connectivity index (χ0n) is 12.6. The van der Waals surface area contributed by atoms with Crippen molar-refractivity contribution >= 4 is 11.9 Å². The Bertz CT molecular complexity index is 456. The Balaban J connectivity index is 2.20. The van der Waals surface area contributed by atoms with Crippen LogP contribution in [0.2, 0.25) is 0 Å². The van der Waals surface area contributed by atoms with Gasteiger partial charge in [0.1, 0.15) is 5.75 Å². The van der Waals surface area contributed by atoms with Crippen LogP contribution >= 0.6 is 0 Å². The van der Waals surface area contributed by atoms with Crippen molar-refractivity contribution in [1.29, 1.82) is 0 Å². The number of aryl methyl sites for hydroxylation is 1. The zero-order chi connectivity index (χ0) is 15.7. The molecule has 5 nitrogen and oxygen atoms in total. The van der Waals surface area contributed by atoms with Crippen LogP contribution in [0.5, 0.6) is 5.75 Å². The molecule has 2 N–H and O–H groups in total. The fourth-order valence-corrected chi connectivity index (χ4v) is 1.87. The van der Waals surface area contributed by atoms with E-state index in [9.17, 15) is 9.59 Å². The third-order valence-corrected chi connectivity index (χ3v) is 3.12. The highest BCUT2D eigenvalue weighted by Crippen LogP contribution is 2.11. The van der Waals surface area contributed by atoms with E-state index >= 15 is 0 Å². The normalized spacial score (nSPS) is 11.7. The van der Waals surface area contributed by atoms with Crippen LogP contribution in [0.15, 0.2) is 24.3 Å². The molecule has 0 radical (unpaired) electrons. The molecule has 5 heteroatoms. The second kappa shape index (κ2) is 9.00. The summed E-state index contributed by atoms with van der Waals surface area (Å²) in [6.45, 7) is 4.33. The minimum absolute atomic E-state index is 0.0396. The van der Waals surface area contributed by atoms with Gasteiger partial charge >= 0.3 is 5.97 Å². The van der Waals surface area contributed by atoms with E-state index in [0.717, 1.165) is 5.75 Å². The molecular formula is C16H23NO4. The largest absolute Gasteiger partial charge is 0.494 e. The van der Waals surface area contributed by atoms with Crippen LogP contribution in [-0.4, -0.2) is 29.6 Å². The Kier molecular flexibility index (Phi) is 7.29. The van der Waals surface area contributed by atoms with Crippen molar-refractivity contribution in [2.45, 2.75) is 45.6 Å². The Morgan fingerprint density at radius 2 is 1.95 bits per heavy atom. The van der Waals surface area contributed by atoms with Crippen LogP contribution in [0.25, 0.3) is 0 Å². The lowest BCUT2D eigenvalue weighted by molar-refractivity contribution is -0.137. The van der Waals surface area contributed by atoms with Gasteiger partial charge in [0, 0.05) is 12.5 Å². The number of benzene rings is 1. The fourth-order valence-electron chi connectivity index (χ4n) is 1.87. The molecule has 1 unspecified atom stereocenters. The van der Waals surface area contributed by atoms with Crippen molar-refractivity contribution in [2.24, 2.45) is 0 Å².